The Morgan fingerprint density at radius 3 is 2.91 bits per heavy atom. The van der Waals surface area contributed by atoms with E-state index in [1.165, 1.54) is 11.8 Å². The lowest BCUT2D eigenvalue weighted by molar-refractivity contribution is -0.116. The van der Waals surface area contributed by atoms with Gasteiger partial charge in [-0.2, -0.15) is 5.10 Å². The number of benzene rings is 2. The molecule has 1 unspecified atom stereocenters. The molecule has 0 fully saturated rings. The van der Waals surface area contributed by atoms with Gasteiger partial charge in [-0.25, -0.2) is 9.67 Å². The van der Waals surface area contributed by atoms with Crippen LogP contribution in [-0.4, -0.2) is 38.1 Å². The van der Waals surface area contributed by atoms with Crippen LogP contribution in [0.1, 0.15) is 18.0 Å². The van der Waals surface area contributed by atoms with E-state index >= 15 is 0 Å². The zero-order valence-corrected chi connectivity index (χ0v) is 18.4. The molecule has 9 heteroatoms. The molecule has 1 aliphatic heterocycles. The maximum absolute atomic E-state index is 13.3. The van der Waals surface area contributed by atoms with Gasteiger partial charge in [-0.1, -0.05) is 30.0 Å². The van der Waals surface area contributed by atoms with Gasteiger partial charge in [0.25, 0.3) is 5.56 Å². The van der Waals surface area contributed by atoms with Gasteiger partial charge in [0.1, 0.15) is 11.1 Å². The summed E-state index contributed by atoms with van der Waals surface area (Å²) in [7, 11) is 1.58. The van der Waals surface area contributed by atoms with Gasteiger partial charge < -0.3 is 10.1 Å². The van der Waals surface area contributed by atoms with Gasteiger partial charge in [0.2, 0.25) is 5.91 Å². The van der Waals surface area contributed by atoms with Crippen molar-refractivity contribution in [2.45, 2.75) is 24.5 Å². The van der Waals surface area contributed by atoms with Crippen LogP contribution in [0.4, 0.5) is 5.69 Å². The van der Waals surface area contributed by atoms with Crippen LogP contribution in [0.15, 0.2) is 64.7 Å². The Hall–Kier alpha value is -3.59. The molecular formula is C23H21N5O3S. The molecule has 1 aliphatic rings. The monoisotopic (exact) mass is 447 g/mol. The first-order valence-corrected chi connectivity index (χ1v) is 11.2. The Morgan fingerprint density at radius 1 is 1.25 bits per heavy atom. The number of rotatable bonds is 5. The first-order valence-electron chi connectivity index (χ1n) is 10.2. The average molecular weight is 448 g/mol. The van der Waals surface area contributed by atoms with E-state index in [2.05, 4.69) is 10.4 Å². The third-order valence-electron chi connectivity index (χ3n) is 5.39. The predicted octanol–water partition coefficient (Wildman–Crippen LogP) is 3.57. The molecule has 4 aromatic rings. The number of hydrogen-bond donors (Lipinski definition) is 1. The normalized spacial score (nSPS) is 15.0. The molecule has 0 bridgehead atoms. The third-order valence-corrected chi connectivity index (χ3v) is 6.49. The highest BCUT2D eigenvalue weighted by molar-refractivity contribution is 7.99. The molecule has 1 atom stereocenters. The van der Waals surface area contributed by atoms with Crippen LogP contribution in [0.5, 0.6) is 5.75 Å². The maximum Gasteiger partial charge on any atom is 0.265 e. The summed E-state index contributed by atoms with van der Waals surface area (Å²) in [5.74, 6) is 1.11. The molecule has 0 aliphatic carbocycles. The Bertz CT molecular complexity index is 1390. The van der Waals surface area contributed by atoms with Crippen molar-refractivity contribution in [3.05, 3.63) is 70.6 Å². The molecule has 1 amide bonds. The summed E-state index contributed by atoms with van der Waals surface area (Å²) in [4.78, 5) is 30.7. The van der Waals surface area contributed by atoms with E-state index in [-0.39, 0.29) is 23.9 Å². The fourth-order valence-electron chi connectivity index (χ4n) is 3.86. The number of aromatic nitrogens is 4. The Balaban J connectivity index is 1.43. The second kappa shape index (κ2) is 8.16. The number of fused-ring (bicyclic) bond motifs is 2. The first kappa shape index (κ1) is 20.3. The van der Waals surface area contributed by atoms with Crippen LogP contribution in [0, 0.1) is 6.92 Å². The molecule has 0 saturated carbocycles. The summed E-state index contributed by atoms with van der Waals surface area (Å²) in [6.07, 6.45) is 1.73. The number of hydrogen-bond acceptors (Lipinski definition) is 6. The van der Waals surface area contributed by atoms with Crippen LogP contribution >= 0.6 is 11.8 Å². The quantitative estimate of drug-likeness (QED) is 0.470. The van der Waals surface area contributed by atoms with E-state index in [1.54, 1.807) is 34.7 Å². The number of ether oxygens (including phenoxy) is 1. The lowest BCUT2D eigenvalue weighted by Crippen LogP contribution is -2.27. The molecule has 2 aromatic carbocycles. The van der Waals surface area contributed by atoms with Crippen molar-refractivity contribution < 1.29 is 9.53 Å². The SMILES string of the molecule is COc1cccc(NC(=O)CC2CSc3nc4c(cnn4-c4cccc(C)c4)c(=O)n32)c1. The van der Waals surface area contributed by atoms with Crippen molar-refractivity contribution in [3.8, 4) is 11.4 Å². The topological polar surface area (TPSA) is 91.0 Å². The van der Waals surface area contributed by atoms with Crippen molar-refractivity contribution in [3.63, 3.8) is 0 Å². The molecule has 0 saturated heterocycles. The van der Waals surface area contributed by atoms with E-state index < -0.39 is 0 Å². The fourth-order valence-corrected chi connectivity index (χ4v) is 4.99. The Labute approximate surface area is 188 Å². The molecule has 32 heavy (non-hydrogen) atoms. The van der Waals surface area contributed by atoms with Crippen LogP contribution in [-0.2, 0) is 4.79 Å². The van der Waals surface area contributed by atoms with E-state index in [1.807, 2.05) is 43.3 Å². The zero-order chi connectivity index (χ0) is 22.2. The van der Waals surface area contributed by atoms with E-state index in [9.17, 15) is 9.59 Å². The minimum Gasteiger partial charge on any atom is -0.497 e. The molecular weight excluding hydrogens is 426 g/mol. The van der Waals surface area contributed by atoms with E-state index in [4.69, 9.17) is 9.72 Å². The van der Waals surface area contributed by atoms with Crippen molar-refractivity contribution >= 4 is 34.4 Å². The standard InChI is InChI=1S/C23H21N5O3S/c1-14-5-3-7-16(9-14)28-21-19(12-24-28)22(30)27-17(13-32-23(27)26-21)11-20(29)25-15-6-4-8-18(10-15)31-2/h3-10,12,17H,11,13H2,1-2H3,(H,25,29). The molecule has 1 N–H and O–H groups in total. The Morgan fingerprint density at radius 2 is 2.09 bits per heavy atom. The molecule has 0 radical (unpaired) electrons. The minimum absolute atomic E-state index is 0.167. The molecule has 3 heterocycles. The number of carbonyl (C=O) groups excluding carboxylic acids is 1. The Kier molecular flexibility index (Phi) is 5.18. The minimum atomic E-state index is -0.271. The maximum atomic E-state index is 13.3. The lowest BCUT2D eigenvalue weighted by Gasteiger charge is -2.14. The summed E-state index contributed by atoms with van der Waals surface area (Å²) in [6, 6.07) is 14.8. The molecule has 162 valence electrons. The highest BCUT2D eigenvalue weighted by Crippen LogP contribution is 2.33. The number of nitrogens with one attached hydrogen (secondary N) is 1. The summed E-state index contributed by atoms with van der Waals surface area (Å²) in [6.45, 7) is 2.01. The van der Waals surface area contributed by atoms with Crippen molar-refractivity contribution in [2.24, 2.45) is 0 Å². The fraction of sp³-hybridized carbons (Fsp3) is 0.217. The van der Waals surface area contributed by atoms with Gasteiger partial charge >= 0.3 is 0 Å². The number of aryl methyl sites for hydroxylation is 1. The average Bonchev–Trinajstić information content (AvgIpc) is 3.39. The second-order valence-corrected chi connectivity index (χ2v) is 8.64. The first-order chi connectivity index (χ1) is 15.5. The molecule has 2 aromatic heterocycles. The van der Waals surface area contributed by atoms with Crippen LogP contribution in [0.25, 0.3) is 16.7 Å². The number of nitrogens with zero attached hydrogens (tertiary/aromatic N) is 4. The zero-order valence-electron chi connectivity index (χ0n) is 17.6. The van der Waals surface area contributed by atoms with Gasteiger partial charge in [-0.05, 0) is 36.8 Å². The number of thioether (sulfide) groups is 1. The third kappa shape index (κ3) is 3.64. The summed E-state index contributed by atoms with van der Waals surface area (Å²) in [5, 5.41) is 8.34. The summed E-state index contributed by atoms with van der Waals surface area (Å²) >= 11 is 1.48. The summed E-state index contributed by atoms with van der Waals surface area (Å²) in [5.41, 5.74) is 2.96. The van der Waals surface area contributed by atoms with Crippen molar-refractivity contribution in [2.75, 3.05) is 18.2 Å². The van der Waals surface area contributed by atoms with Crippen LogP contribution in [0.3, 0.4) is 0 Å². The van der Waals surface area contributed by atoms with Crippen molar-refractivity contribution in [1.82, 2.24) is 19.3 Å². The lowest BCUT2D eigenvalue weighted by atomic mass is 10.2. The van der Waals surface area contributed by atoms with Crippen LogP contribution < -0.4 is 15.6 Å². The van der Waals surface area contributed by atoms with Gasteiger partial charge in [0.15, 0.2) is 10.8 Å². The van der Waals surface area contributed by atoms with Gasteiger partial charge in [0, 0.05) is 23.9 Å². The summed E-state index contributed by atoms with van der Waals surface area (Å²) < 4.78 is 8.51. The smallest absolute Gasteiger partial charge is 0.265 e. The van der Waals surface area contributed by atoms with E-state index in [0.29, 0.717) is 33.4 Å². The number of carbonyl (C=O) groups is 1. The highest BCUT2D eigenvalue weighted by atomic mass is 32.2. The number of amides is 1. The number of methoxy groups -OCH3 is 1. The second-order valence-electron chi connectivity index (χ2n) is 7.65. The predicted molar refractivity (Wildman–Crippen MR) is 124 cm³/mol. The number of anilines is 1. The highest BCUT2D eigenvalue weighted by Gasteiger charge is 2.29. The van der Waals surface area contributed by atoms with Gasteiger partial charge in [0.05, 0.1) is 25.0 Å². The molecule has 8 nitrogen and oxygen atoms in total. The molecule has 0 spiro atoms. The van der Waals surface area contributed by atoms with Crippen LogP contribution in [0.2, 0.25) is 0 Å². The largest absolute Gasteiger partial charge is 0.497 e. The van der Waals surface area contributed by atoms with E-state index in [0.717, 1.165) is 11.3 Å². The van der Waals surface area contributed by atoms with Gasteiger partial charge in [-0.3, -0.25) is 14.2 Å². The van der Waals surface area contributed by atoms with Gasteiger partial charge in [-0.15, -0.1) is 0 Å². The molecule has 5 rings (SSSR count). The van der Waals surface area contributed by atoms with Crippen molar-refractivity contribution in [1.29, 1.82) is 0 Å².